The summed E-state index contributed by atoms with van der Waals surface area (Å²) >= 11 is 12.5. The Balaban J connectivity index is 1.97. The second-order valence-electron chi connectivity index (χ2n) is 8.09. The summed E-state index contributed by atoms with van der Waals surface area (Å²) in [6, 6.07) is 1.40. The molecule has 170 valence electrons. The Hall–Kier alpha value is -2.85. The van der Waals surface area contributed by atoms with E-state index in [1.807, 2.05) is 25.7 Å². The lowest BCUT2D eigenvalue weighted by molar-refractivity contribution is 0.136. The number of carboxylic acid groups (broad SMARTS) is 1. The average Bonchev–Trinajstić information content (AvgIpc) is 3.10. The van der Waals surface area contributed by atoms with Gasteiger partial charge in [-0.2, -0.15) is 4.98 Å². The van der Waals surface area contributed by atoms with Gasteiger partial charge in [0.2, 0.25) is 0 Å². The van der Waals surface area contributed by atoms with E-state index in [4.69, 9.17) is 27.7 Å². The van der Waals surface area contributed by atoms with Gasteiger partial charge in [0.05, 0.1) is 10.4 Å². The molecule has 0 aliphatic carbocycles. The lowest BCUT2D eigenvalue weighted by Gasteiger charge is -2.39. The quantitative estimate of drug-likeness (QED) is 0.563. The molecule has 12 heteroatoms. The zero-order chi connectivity index (χ0) is 23.3. The van der Waals surface area contributed by atoms with Crippen molar-refractivity contribution >= 4 is 46.1 Å². The first kappa shape index (κ1) is 22.3. The van der Waals surface area contributed by atoms with Crippen molar-refractivity contribution in [3.8, 4) is 5.69 Å². The van der Waals surface area contributed by atoms with Gasteiger partial charge >= 0.3 is 11.8 Å². The van der Waals surface area contributed by atoms with Crippen molar-refractivity contribution in [3.05, 3.63) is 38.2 Å². The number of carbonyl (C=O) groups is 1. The summed E-state index contributed by atoms with van der Waals surface area (Å²) in [5.41, 5.74) is 0.696. The van der Waals surface area contributed by atoms with Crippen molar-refractivity contribution < 1.29 is 14.4 Å². The molecular weight excluding hydrogens is 459 g/mol. The second kappa shape index (κ2) is 8.25. The number of aromatic nitrogens is 4. The molecule has 1 saturated heterocycles. The molecule has 0 saturated carbocycles. The molecule has 3 aromatic rings. The van der Waals surface area contributed by atoms with E-state index in [1.54, 1.807) is 13.0 Å². The molecule has 0 bridgehead atoms. The molecule has 1 aliphatic rings. The fraction of sp³-hybridized carbons (Fsp3) is 0.450. The van der Waals surface area contributed by atoms with Crippen LogP contribution in [0.15, 0.2) is 15.4 Å². The molecule has 1 N–H and O–H groups in total. The van der Waals surface area contributed by atoms with Crippen LogP contribution in [0, 0.1) is 6.92 Å². The zero-order valence-corrected chi connectivity index (χ0v) is 19.5. The van der Waals surface area contributed by atoms with Gasteiger partial charge in [-0.1, -0.05) is 42.2 Å². The summed E-state index contributed by atoms with van der Waals surface area (Å²) in [7, 11) is 0. The minimum absolute atomic E-state index is 0.0419. The van der Waals surface area contributed by atoms with Crippen LogP contribution in [0.5, 0.6) is 0 Å². The molecule has 0 radical (unpaired) electrons. The van der Waals surface area contributed by atoms with Crippen molar-refractivity contribution in [2.75, 3.05) is 24.5 Å². The highest BCUT2D eigenvalue weighted by molar-refractivity contribution is 6.41. The molecule has 1 unspecified atom stereocenters. The molecule has 1 amide bonds. The van der Waals surface area contributed by atoms with E-state index in [9.17, 15) is 14.7 Å². The number of hydrogen-bond donors (Lipinski definition) is 1. The predicted molar refractivity (Wildman–Crippen MR) is 120 cm³/mol. The Kier molecular flexibility index (Phi) is 5.76. The summed E-state index contributed by atoms with van der Waals surface area (Å²) < 4.78 is 6.82. The number of amides is 1. The minimum atomic E-state index is -0.981. The summed E-state index contributed by atoms with van der Waals surface area (Å²) in [6.07, 6.45) is -0.981. The zero-order valence-electron chi connectivity index (χ0n) is 18.0. The maximum atomic E-state index is 13.3. The molecular formula is C20H22Cl2N6O4. The van der Waals surface area contributed by atoms with Crippen molar-refractivity contribution in [1.29, 1.82) is 0 Å². The molecule has 1 atom stereocenters. The fourth-order valence-corrected chi connectivity index (χ4v) is 4.27. The van der Waals surface area contributed by atoms with Gasteiger partial charge in [-0.15, -0.1) is 0 Å². The molecule has 0 aromatic carbocycles. The van der Waals surface area contributed by atoms with Gasteiger partial charge in [0.1, 0.15) is 22.4 Å². The van der Waals surface area contributed by atoms with E-state index in [2.05, 4.69) is 15.1 Å². The summed E-state index contributed by atoms with van der Waals surface area (Å²) in [4.78, 5) is 36.7. The molecule has 10 nitrogen and oxygen atoms in total. The van der Waals surface area contributed by atoms with Crippen LogP contribution < -0.4 is 10.6 Å². The lowest BCUT2D eigenvalue weighted by atomic mass is 10.1. The standard InChI is InChI=1S/C20H22Cl2N6O4/c1-9(2)15-14(11(4)25-32-15)28-18-12(7-13(21)16(22)23-18)17(24-19(28)29)27-6-5-26(20(30)31)8-10(27)3/h7,9-10H,5-6,8H2,1-4H3,(H,30,31). The number of nitrogens with zero attached hydrogens (tertiary/aromatic N) is 6. The van der Waals surface area contributed by atoms with Crippen molar-refractivity contribution in [2.24, 2.45) is 0 Å². The van der Waals surface area contributed by atoms with Gasteiger partial charge in [-0.3, -0.25) is 0 Å². The third kappa shape index (κ3) is 3.67. The van der Waals surface area contributed by atoms with Gasteiger partial charge < -0.3 is 19.4 Å². The summed E-state index contributed by atoms with van der Waals surface area (Å²) in [5.74, 6) is 0.863. The van der Waals surface area contributed by atoms with Crippen molar-refractivity contribution in [2.45, 2.75) is 39.7 Å². The Bertz CT molecular complexity index is 1270. The van der Waals surface area contributed by atoms with E-state index in [0.29, 0.717) is 34.9 Å². The van der Waals surface area contributed by atoms with Crippen LogP contribution in [-0.4, -0.2) is 61.5 Å². The van der Waals surface area contributed by atoms with Gasteiger partial charge in [-0.25, -0.2) is 19.1 Å². The highest BCUT2D eigenvalue weighted by Gasteiger charge is 2.31. The molecule has 3 aromatic heterocycles. The van der Waals surface area contributed by atoms with Crippen LogP contribution in [0.1, 0.15) is 38.1 Å². The fourth-order valence-electron chi connectivity index (χ4n) is 3.98. The highest BCUT2D eigenvalue weighted by Crippen LogP contribution is 2.34. The topological polar surface area (TPSA) is 118 Å². The lowest BCUT2D eigenvalue weighted by Crippen LogP contribution is -2.54. The Morgan fingerprint density at radius 2 is 2.00 bits per heavy atom. The van der Waals surface area contributed by atoms with Crippen LogP contribution >= 0.6 is 23.2 Å². The molecule has 32 heavy (non-hydrogen) atoms. The number of fused-ring (bicyclic) bond motifs is 1. The summed E-state index contributed by atoms with van der Waals surface area (Å²) in [6.45, 7) is 8.39. The monoisotopic (exact) mass is 480 g/mol. The average molecular weight is 481 g/mol. The van der Waals surface area contributed by atoms with E-state index in [0.717, 1.165) is 0 Å². The van der Waals surface area contributed by atoms with Crippen LogP contribution in [0.25, 0.3) is 16.7 Å². The Labute approximate surface area is 193 Å². The smallest absolute Gasteiger partial charge is 0.407 e. The first-order valence-electron chi connectivity index (χ1n) is 10.1. The number of aryl methyl sites for hydroxylation is 1. The van der Waals surface area contributed by atoms with Crippen LogP contribution in [0.4, 0.5) is 10.6 Å². The van der Waals surface area contributed by atoms with Crippen LogP contribution in [0.3, 0.4) is 0 Å². The summed E-state index contributed by atoms with van der Waals surface area (Å²) in [5, 5.41) is 14.1. The normalized spacial score (nSPS) is 16.9. The van der Waals surface area contributed by atoms with Crippen molar-refractivity contribution in [1.82, 2.24) is 24.6 Å². The molecule has 1 fully saturated rings. The van der Waals surface area contributed by atoms with Gasteiger partial charge in [0, 0.05) is 31.6 Å². The van der Waals surface area contributed by atoms with Crippen LogP contribution in [-0.2, 0) is 0 Å². The highest BCUT2D eigenvalue weighted by atomic mass is 35.5. The minimum Gasteiger partial charge on any atom is -0.465 e. The molecule has 4 rings (SSSR count). The van der Waals surface area contributed by atoms with E-state index < -0.39 is 11.8 Å². The Morgan fingerprint density at radius 1 is 1.28 bits per heavy atom. The Morgan fingerprint density at radius 3 is 2.62 bits per heavy atom. The second-order valence-corrected chi connectivity index (χ2v) is 8.86. The largest absolute Gasteiger partial charge is 0.465 e. The molecule has 4 heterocycles. The van der Waals surface area contributed by atoms with Crippen LogP contribution in [0.2, 0.25) is 10.2 Å². The maximum Gasteiger partial charge on any atom is 0.407 e. The van der Waals surface area contributed by atoms with Gasteiger partial charge in [0.15, 0.2) is 11.4 Å². The molecule has 1 aliphatic heterocycles. The number of anilines is 1. The predicted octanol–water partition coefficient (Wildman–Crippen LogP) is 3.70. The first-order chi connectivity index (χ1) is 15.1. The van der Waals surface area contributed by atoms with Crippen molar-refractivity contribution in [3.63, 3.8) is 0 Å². The number of halogens is 2. The van der Waals surface area contributed by atoms with E-state index >= 15 is 0 Å². The van der Waals surface area contributed by atoms with E-state index in [1.165, 1.54) is 9.47 Å². The molecule has 0 spiro atoms. The third-order valence-corrected chi connectivity index (χ3v) is 6.21. The number of rotatable bonds is 3. The number of pyridine rings is 1. The van der Waals surface area contributed by atoms with Gasteiger partial charge in [0.25, 0.3) is 0 Å². The SMILES string of the molecule is Cc1noc(C(C)C)c1-n1c(=O)nc(N2CCN(C(=O)O)CC2C)c2cc(Cl)c(Cl)nc21. The first-order valence-corrected chi connectivity index (χ1v) is 10.9. The number of piperazine rings is 1. The third-order valence-electron chi connectivity index (χ3n) is 5.53. The number of hydrogen-bond acceptors (Lipinski definition) is 7. The van der Waals surface area contributed by atoms with Gasteiger partial charge in [-0.05, 0) is 19.9 Å². The maximum absolute atomic E-state index is 13.3. The van der Waals surface area contributed by atoms with E-state index in [-0.39, 0.29) is 40.9 Å².